The summed E-state index contributed by atoms with van der Waals surface area (Å²) in [5.41, 5.74) is 1.16. The molecule has 0 spiro atoms. The lowest BCUT2D eigenvalue weighted by atomic mass is 10.2. The average molecular weight is 251 g/mol. The Hall–Kier alpha value is -0.930. The van der Waals surface area contributed by atoms with Crippen LogP contribution in [0.5, 0.6) is 0 Å². The second kappa shape index (κ2) is 6.12. The zero-order chi connectivity index (χ0) is 12.9. The lowest BCUT2D eigenvalue weighted by Gasteiger charge is -2.20. The van der Waals surface area contributed by atoms with Crippen molar-refractivity contribution in [3.05, 3.63) is 42.0 Å². The summed E-state index contributed by atoms with van der Waals surface area (Å²) in [4.78, 5) is 0. The number of hydrogen-bond donors (Lipinski definition) is 1. The van der Waals surface area contributed by atoms with Crippen molar-refractivity contribution in [2.75, 3.05) is 0 Å². The van der Waals surface area contributed by atoms with Crippen molar-refractivity contribution in [1.82, 2.24) is 4.72 Å². The first-order chi connectivity index (χ1) is 7.89. The summed E-state index contributed by atoms with van der Waals surface area (Å²) in [7, 11) is -1.03. The molecule has 0 amide bonds. The highest BCUT2D eigenvalue weighted by Gasteiger charge is 2.20. The molecule has 2 atom stereocenters. The Morgan fingerprint density at radius 2 is 1.82 bits per heavy atom. The van der Waals surface area contributed by atoms with Gasteiger partial charge in [-0.15, -0.1) is 0 Å². The van der Waals surface area contributed by atoms with Crippen LogP contribution < -0.4 is 4.72 Å². The van der Waals surface area contributed by atoms with E-state index in [4.69, 9.17) is 0 Å². The molecule has 0 radical (unpaired) electrons. The maximum absolute atomic E-state index is 11.9. The van der Waals surface area contributed by atoms with E-state index in [0.29, 0.717) is 0 Å². The molecule has 0 aliphatic rings. The van der Waals surface area contributed by atoms with Gasteiger partial charge in [0.25, 0.3) is 0 Å². The monoisotopic (exact) mass is 251 g/mol. The van der Waals surface area contributed by atoms with Gasteiger partial charge in [-0.2, -0.15) is 0 Å². The topological polar surface area (TPSA) is 29.1 Å². The standard InChI is InChI=1S/C14H21NOS/c1-12(15-17(16)14(2,3)4)10-11-13-8-6-5-7-9-13/h5-12,15H,1-4H3/b11-10+/t12-,17?/m0/s1. The van der Waals surface area contributed by atoms with E-state index in [0.717, 1.165) is 5.56 Å². The fourth-order valence-corrected chi connectivity index (χ4v) is 1.97. The summed E-state index contributed by atoms with van der Waals surface area (Å²) in [5, 5.41) is 0. The summed E-state index contributed by atoms with van der Waals surface area (Å²) in [5.74, 6) is 0. The normalized spacial score (nSPS) is 16.0. The van der Waals surface area contributed by atoms with Crippen molar-refractivity contribution in [2.24, 2.45) is 0 Å². The number of benzene rings is 1. The zero-order valence-corrected chi connectivity index (χ0v) is 11.8. The van der Waals surface area contributed by atoms with Crippen molar-refractivity contribution in [3.8, 4) is 0 Å². The zero-order valence-electron chi connectivity index (χ0n) is 10.9. The van der Waals surface area contributed by atoms with Crippen molar-refractivity contribution >= 4 is 17.1 Å². The molecule has 0 bridgehead atoms. The Morgan fingerprint density at radius 1 is 1.24 bits per heavy atom. The van der Waals surface area contributed by atoms with Crippen LogP contribution in [0.25, 0.3) is 6.08 Å². The van der Waals surface area contributed by atoms with Gasteiger partial charge >= 0.3 is 0 Å². The summed E-state index contributed by atoms with van der Waals surface area (Å²) in [6, 6.07) is 10.2. The van der Waals surface area contributed by atoms with Gasteiger partial charge in [0.05, 0.1) is 15.7 Å². The second-order valence-corrected chi connectivity index (χ2v) is 7.06. The maximum Gasteiger partial charge on any atom is 0.0975 e. The van der Waals surface area contributed by atoms with Crippen LogP contribution in [0.3, 0.4) is 0 Å². The summed E-state index contributed by atoms with van der Waals surface area (Å²) in [6.45, 7) is 7.89. The molecule has 0 heterocycles. The molecule has 1 unspecified atom stereocenters. The van der Waals surface area contributed by atoms with E-state index in [1.807, 2.05) is 70.2 Å². The van der Waals surface area contributed by atoms with E-state index in [-0.39, 0.29) is 10.8 Å². The van der Waals surface area contributed by atoms with Crippen LogP contribution in [-0.2, 0) is 11.0 Å². The molecule has 0 aliphatic heterocycles. The van der Waals surface area contributed by atoms with Crippen LogP contribution in [0.15, 0.2) is 36.4 Å². The summed E-state index contributed by atoms with van der Waals surface area (Å²) >= 11 is 0. The molecule has 17 heavy (non-hydrogen) atoms. The molecule has 0 aromatic heterocycles. The van der Waals surface area contributed by atoms with Crippen molar-refractivity contribution in [2.45, 2.75) is 38.5 Å². The van der Waals surface area contributed by atoms with Crippen LogP contribution in [-0.4, -0.2) is 15.0 Å². The lowest BCUT2D eigenvalue weighted by molar-refractivity contribution is 0.628. The van der Waals surface area contributed by atoms with Gasteiger partial charge in [0.1, 0.15) is 0 Å². The van der Waals surface area contributed by atoms with E-state index in [1.54, 1.807) is 0 Å². The molecule has 0 fully saturated rings. The van der Waals surface area contributed by atoms with E-state index in [9.17, 15) is 4.21 Å². The molecule has 1 rings (SSSR count). The van der Waals surface area contributed by atoms with Crippen molar-refractivity contribution in [3.63, 3.8) is 0 Å². The van der Waals surface area contributed by atoms with E-state index in [1.165, 1.54) is 0 Å². The van der Waals surface area contributed by atoms with Gasteiger partial charge in [-0.1, -0.05) is 42.5 Å². The molecule has 0 saturated heterocycles. The Bertz CT molecular complexity index is 392. The molecule has 1 N–H and O–H groups in total. The second-order valence-electron chi connectivity index (χ2n) is 5.06. The molecule has 0 aliphatic carbocycles. The lowest BCUT2D eigenvalue weighted by Crippen LogP contribution is -2.37. The van der Waals surface area contributed by atoms with Crippen molar-refractivity contribution < 1.29 is 4.21 Å². The highest BCUT2D eigenvalue weighted by Crippen LogP contribution is 2.10. The first-order valence-corrected chi connectivity index (χ1v) is 6.96. The third-order valence-corrected chi connectivity index (χ3v) is 3.92. The number of hydrogen-bond acceptors (Lipinski definition) is 1. The summed E-state index contributed by atoms with van der Waals surface area (Å²) in [6.07, 6.45) is 4.07. The minimum absolute atomic E-state index is 0.0928. The molecule has 2 nitrogen and oxygen atoms in total. The predicted octanol–water partition coefficient (Wildman–Crippen LogP) is 3.14. The highest BCUT2D eigenvalue weighted by molar-refractivity contribution is 7.84. The third kappa shape index (κ3) is 5.29. The van der Waals surface area contributed by atoms with Gasteiger partial charge in [0.2, 0.25) is 0 Å². The molecular formula is C14H21NOS. The van der Waals surface area contributed by atoms with Crippen LogP contribution >= 0.6 is 0 Å². The summed E-state index contributed by atoms with van der Waals surface area (Å²) < 4.78 is 14.7. The fourth-order valence-electron chi connectivity index (χ4n) is 1.20. The van der Waals surface area contributed by atoms with Gasteiger partial charge in [-0.3, -0.25) is 0 Å². The Morgan fingerprint density at radius 3 is 2.35 bits per heavy atom. The Balaban J connectivity index is 2.53. The molecule has 0 saturated carbocycles. The molecule has 3 heteroatoms. The van der Waals surface area contributed by atoms with Crippen molar-refractivity contribution in [1.29, 1.82) is 0 Å². The van der Waals surface area contributed by atoms with Gasteiger partial charge in [-0.05, 0) is 33.3 Å². The average Bonchev–Trinajstić information content (AvgIpc) is 2.26. The fraction of sp³-hybridized carbons (Fsp3) is 0.429. The van der Waals surface area contributed by atoms with Gasteiger partial charge < -0.3 is 0 Å². The minimum Gasteiger partial charge on any atom is -0.242 e. The number of rotatable bonds is 4. The minimum atomic E-state index is -1.03. The third-order valence-electron chi connectivity index (χ3n) is 2.23. The van der Waals surface area contributed by atoms with Crippen LogP contribution in [0.2, 0.25) is 0 Å². The van der Waals surface area contributed by atoms with E-state index in [2.05, 4.69) is 4.72 Å². The molecule has 1 aromatic rings. The molecule has 94 valence electrons. The maximum atomic E-state index is 11.9. The smallest absolute Gasteiger partial charge is 0.0975 e. The number of nitrogens with one attached hydrogen (secondary N) is 1. The molecule has 1 aromatic carbocycles. The van der Waals surface area contributed by atoms with Gasteiger partial charge in [-0.25, -0.2) is 8.93 Å². The predicted molar refractivity (Wildman–Crippen MR) is 76.0 cm³/mol. The highest BCUT2D eigenvalue weighted by atomic mass is 32.2. The first kappa shape index (κ1) is 14.1. The first-order valence-electron chi connectivity index (χ1n) is 5.81. The van der Waals surface area contributed by atoms with Crippen LogP contribution in [0.4, 0.5) is 0 Å². The van der Waals surface area contributed by atoms with Gasteiger partial charge in [0, 0.05) is 6.04 Å². The largest absolute Gasteiger partial charge is 0.242 e. The van der Waals surface area contributed by atoms with E-state index >= 15 is 0 Å². The van der Waals surface area contributed by atoms with E-state index < -0.39 is 11.0 Å². The Kier molecular flexibility index (Phi) is 5.09. The molecular weight excluding hydrogens is 230 g/mol. The van der Waals surface area contributed by atoms with Crippen LogP contribution in [0, 0.1) is 0 Å². The quantitative estimate of drug-likeness (QED) is 0.875. The SMILES string of the molecule is C[C@@H](/C=C/c1ccccc1)NS(=O)C(C)(C)C. The Labute approximate surface area is 107 Å². The van der Waals surface area contributed by atoms with Gasteiger partial charge in [0.15, 0.2) is 0 Å². The van der Waals surface area contributed by atoms with Crippen LogP contribution in [0.1, 0.15) is 33.3 Å².